The van der Waals surface area contributed by atoms with Crippen LogP contribution in [0.2, 0.25) is 0 Å². The van der Waals surface area contributed by atoms with E-state index in [1.807, 2.05) is 48.5 Å². The molecular formula is C23H26N2O3. The van der Waals surface area contributed by atoms with Gasteiger partial charge >= 0.3 is 12.0 Å². The van der Waals surface area contributed by atoms with E-state index >= 15 is 0 Å². The van der Waals surface area contributed by atoms with Crippen molar-refractivity contribution in [3.05, 3.63) is 60.2 Å². The third-order valence-corrected chi connectivity index (χ3v) is 5.13. The highest BCUT2D eigenvalue weighted by molar-refractivity contribution is 5.92. The molecule has 3 rings (SSSR count). The Labute approximate surface area is 165 Å². The maximum atomic E-state index is 12.6. The first kappa shape index (κ1) is 19.7. The number of carbonyl (C=O) groups is 2. The normalized spacial score (nSPS) is 14.8. The molecule has 0 aliphatic heterocycles. The fraction of sp³-hybridized carbons (Fsp3) is 0.304. The van der Waals surface area contributed by atoms with Gasteiger partial charge in [0, 0.05) is 24.9 Å². The Bertz CT molecular complexity index is 852. The van der Waals surface area contributed by atoms with Crippen molar-refractivity contribution in [2.75, 3.05) is 11.9 Å². The van der Waals surface area contributed by atoms with Gasteiger partial charge in [-0.2, -0.15) is 0 Å². The number of anilines is 1. The molecule has 0 bridgehead atoms. The van der Waals surface area contributed by atoms with Gasteiger partial charge in [-0.1, -0.05) is 55.7 Å². The molecule has 0 atom stereocenters. The van der Waals surface area contributed by atoms with Crippen molar-refractivity contribution < 1.29 is 14.7 Å². The molecule has 1 aliphatic carbocycles. The minimum Gasteiger partial charge on any atom is -0.478 e. The van der Waals surface area contributed by atoms with Crippen LogP contribution >= 0.6 is 0 Å². The molecule has 0 aromatic heterocycles. The lowest BCUT2D eigenvalue weighted by atomic mass is 9.96. The van der Waals surface area contributed by atoms with Crippen LogP contribution in [-0.4, -0.2) is 30.2 Å². The van der Waals surface area contributed by atoms with E-state index in [0.717, 1.165) is 41.3 Å². The zero-order valence-electron chi connectivity index (χ0n) is 16.1. The van der Waals surface area contributed by atoms with E-state index in [9.17, 15) is 9.59 Å². The first-order valence-electron chi connectivity index (χ1n) is 9.68. The molecule has 5 heteroatoms. The second-order valence-electron chi connectivity index (χ2n) is 7.19. The van der Waals surface area contributed by atoms with Gasteiger partial charge in [-0.15, -0.1) is 0 Å². The van der Waals surface area contributed by atoms with Crippen molar-refractivity contribution in [1.82, 2.24) is 5.32 Å². The maximum absolute atomic E-state index is 12.6. The molecule has 2 N–H and O–H groups in total. The molecule has 1 fully saturated rings. The Hall–Kier alpha value is -3.08. The molecule has 2 amide bonds. The number of amides is 2. The van der Waals surface area contributed by atoms with Gasteiger partial charge in [0.25, 0.3) is 0 Å². The van der Waals surface area contributed by atoms with E-state index in [4.69, 9.17) is 5.11 Å². The summed E-state index contributed by atoms with van der Waals surface area (Å²) in [5.41, 5.74) is 3.67. The lowest BCUT2D eigenvalue weighted by Crippen LogP contribution is -2.43. The van der Waals surface area contributed by atoms with Gasteiger partial charge in [-0.25, -0.2) is 9.59 Å². The van der Waals surface area contributed by atoms with Gasteiger partial charge < -0.3 is 10.4 Å². The SMILES string of the molecule is CN(C(=O)NC1CCCCC1)c1cccc(-c2ccc(C=CC(=O)O)cc2)c1. The van der Waals surface area contributed by atoms with Gasteiger partial charge in [-0.05, 0) is 47.7 Å². The molecule has 146 valence electrons. The maximum Gasteiger partial charge on any atom is 0.328 e. The minimum atomic E-state index is -0.966. The number of rotatable bonds is 5. The lowest BCUT2D eigenvalue weighted by molar-refractivity contribution is -0.131. The molecule has 0 saturated heterocycles. The highest BCUT2D eigenvalue weighted by Crippen LogP contribution is 2.25. The van der Waals surface area contributed by atoms with E-state index in [1.165, 1.54) is 19.3 Å². The minimum absolute atomic E-state index is 0.0711. The number of nitrogens with one attached hydrogen (secondary N) is 1. The summed E-state index contributed by atoms with van der Waals surface area (Å²) in [4.78, 5) is 24.9. The van der Waals surface area contributed by atoms with Gasteiger partial charge in [0.2, 0.25) is 0 Å². The summed E-state index contributed by atoms with van der Waals surface area (Å²) < 4.78 is 0. The molecule has 0 radical (unpaired) electrons. The average Bonchev–Trinajstić information content (AvgIpc) is 2.73. The van der Waals surface area contributed by atoms with Crippen molar-refractivity contribution in [2.24, 2.45) is 0 Å². The second-order valence-corrected chi connectivity index (χ2v) is 7.19. The molecule has 2 aromatic carbocycles. The summed E-state index contributed by atoms with van der Waals surface area (Å²) in [6.45, 7) is 0. The van der Waals surface area contributed by atoms with Crippen LogP contribution in [0.4, 0.5) is 10.5 Å². The number of carboxylic acid groups (broad SMARTS) is 1. The summed E-state index contributed by atoms with van der Waals surface area (Å²) >= 11 is 0. The zero-order chi connectivity index (χ0) is 19.9. The highest BCUT2D eigenvalue weighted by atomic mass is 16.4. The molecule has 5 nitrogen and oxygen atoms in total. The molecule has 1 aliphatic rings. The first-order chi connectivity index (χ1) is 13.5. The quantitative estimate of drug-likeness (QED) is 0.725. The van der Waals surface area contributed by atoms with Gasteiger partial charge in [0.1, 0.15) is 0 Å². The van der Waals surface area contributed by atoms with Gasteiger partial charge in [0.05, 0.1) is 0 Å². The van der Waals surface area contributed by atoms with Crippen LogP contribution < -0.4 is 10.2 Å². The Morgan fingerprint density at radius 3 is 2.43 bits per heavy atom. The molecule has 1 saturated carbocycles. The van der Waals surface area contributed by atoms with Crippen molar-refractivity contribution in [2.45, 2.75) is 38.1 Å². The Kier molecular flexibility index (Phi) is 6.48. The number of hydrogen-bond donors (Lipinski definition) is 2. The predicted octanol–water partition coefficient (Wildman–Crippen LogP) is 4.93. The molecular weight excluding hydrogens is 352 g/mol. The summed E-state index contributed by atoms with van der Waals surface area (Å²) in [5.74, 6) is -0.966. The number of carboxylic acids is 1. The standard InChI is InChI=1S/C23H26N2O3/c1-25(23(28)24-20-7-3-2-4-8-20)21-9-5-6-19(16-21)18-13-10-17(11-14-18)12-15-22(26)27/h5-6,9-16,20H,2-4,7-8H2,1H3,(H,24,28)(H,26,27). The number of urea groups is 1. The largest absolute Gasteiger partial charge is 0.478 e. The molecule has 28 heavy (non-hydrogen) atoms. The highest BCUT2D eigenvalue weighted by Gasteiger charge is 2.18. The average molecular weight is 378 g/mol. The van der Waals surface area contributed by atoms with Crippen LogP contribution in [0.1, 0.15) is 37.7 Å². The zero-order valence-corrected chi connectivity index (χ0v) is 16.1. The number of benzene rings is 2. The number of carbonyl (C=O) groups excluding carboxylic acids is 1. The van der Waals surface area contributed by atoms with Crippen LogP contribution in [-0.2, 0) is 4.79 Å². The third-order valence-electron chi connectivity index (χ3n) is 5.13. The Balaban J connectivity index is 1.70. The Morgan fingerprint density at radius 2 is 1.75 bits per heavy atom. The fourth-order valence-corrected chi connectivity index (χ4v) is 3.48. The Morgan fingerprint density at radius 1 is 1.04 bits per heavy atom. The van der Waals surface area contributed by atoms with E-state index in [0.29, 0.717) is 0 Å². The van der Waals surface area contributed by atoms with Crippen LogP contribution in [0.5, 0.6) is 0 Å². The lowest BCUT2D eigenvalue weighted by Gasteiger charge is -2.26. The van der Waals surface area contributed by atoms with Crippen LogP contribution in [0.25, 0.3) is 17.2 Å². The predicted molar refractivity (Wildman–Crippen MR) is 112 cm³/mol. The van der Waals surface area contributed by atoms with Crippen LogP contribution in [0.15, 0.2) is 54.6 Å². The summed E-state index contributed by atoms with van der Waals surface area (Å²) in [7, 11) is 1.79. The van der Waals surface area contributed by atoms with Crippen LogP contribution in [0.3, 0.4) is 0 Å². The summed E-state index contributed by atoms with van der Waals surface area (Å²) in [6, 6.07) is 15.7. The van der Waals surface area contributed by atoms with Crippen molar-refractivity contribution in [3.63, 3.8) is 0 Å². The van der Waals surface area contributed by atoms with E-state index in [-0.39, 0.29) is 12.1 Å². The number of nitrogens with zero attached hydrogens (tertiary/aromatic N) is 1. The van der Waals surface area contributed by atoms with E-state index in [1.54, 1.807) is 18.0 Å². The third kappa shape index (κ3) is 5.22. The number of hydrogen-bond acceptors (Lipinski definition) is 2. The van der Waals surface area contributed by atoms with Crippen molar-refractivity contribution in [3.8, 4) is 11.1 Å². The molecule has 2 aromatic rings. The van der Waals surface area contributed by atoms with Gasteiger partial charge in [0.15, 0.2) is 0 Å². The van der Waals surface area contributed by atoms with Crippen molar-refractivity contribution in [1.29, 1.82) is 0 Å². The van der Waals surface area contributed by atoms with E-state index in [2.05, 4.69) is 5.32 Å². The van der Waals surface area contributed by atoms with Crippen LogP contribution in [0, 0.1) is 0 Å². The fourth-order valence-electron chi connectivity index (χ4n) is 3.48. The second kappa shape index (κ2) is 9.22. The summed E-state index contributed by atoms with van der Waals surface area (Å²) in [5, 5.41) is 11.9. The van der Waals surface area contributed by atoms with E-state index < -0.39 is 5.97 Å². The smallest absolute Gasteiger partial charge is 0.328 e. The first-order valence-corrected chi connectivity index (χ1v) is 9.68. The molecule has 0 unspecified atom stereocenters. The molecule has 0 heterocycles. The topological polar surface area (TPSA) is 69.6 Å². The monoisotopic (exact) mass is 378 g/mol. The molecule has 0 spiro atoms. The van der Waals surface area contributed by atoms with Crippen molar-refractivity contribution >= 4 is 23.8 Å². The number of aliphatic carboxylic acids is 1. The summed E-state index contributed by atoms with van der Waals surface area (Å²) in [6.07, 6.45) is 8.42. The van der Waals surface area contributed by atoms with Gasteiger partial charge in [-0.3, -0.25) is 4.90 Å².